The van der Waals surface area contributed by atoms with Gasteiger partial charge < -0.3 is 9.40 Å². The Morgan fingerprint density at radius 3 is 2.37 bits per heavy atom. The number of rotatable bonds is 3. The van der Waals surface area contributed by atoms with Gasteiger partial charge in [-0.25, -0.2) is 4.98 Å². The van der Waals surface area contributed by atoms with Gasteiger partial charge in [-0.15, -0.1) is 0 Å². The summed E-state index contributed by atoms with van der Waals surface area (Å²) in [6.45, 7) is 1.90. The number of hydrogen-bond acceptors (Lipinski definition) is 2. The van der Waals surface area contributed by atoms with Gasteiger partial charge in [0.2, 0.25) is 0 Å². The molecule has 0 aliphatic carbocycles. The molecule has 0 bridgehead atoms. The highest BCUT2D eigenvalue weighted by Crippen LogP contribution is 2.38. The fourth-order valence-corrected chi connectivity index (χ4v) is 3.02. The van der Waals surface area contributed by atoms with E-state index < -0.39 is 11.7 Å². The first-order chi connectivity index (χ1) is 12.9. The minimum atomic E-state index is -4.45. The first-order valence-electron chi connectivity index (χ1n) is 8.31. The number of aromatic amines is 1. The zero-order valence-electron chi connectivity index (χ0n) is 14.3. The maximum Gasteiger partial charge on any atom is 0.417 e. The fourth-order valence-electron chi connectivity index (χ4n) is 3.02. The third kappa shape index (κ3) is 3.26. The third-order valence-electron chi connectivity index (χ3n) is 4.30. The van der Waals surface area contributed by atoms with Gasteiger partial charge in [0, 0.05) is 16.8 Å². The van der Waals surface area contributed by atoms with E-state index in [0.29, 0.717) is 11.4 Å². The van der Waals surface area contributed by atoms with Crippen LogP contribution in [-0.2, 0) is 6.18 Å². The number of halogens is 3. The molecule has 0 saturated carbocycles. The van der Waals surface area contributed by atoms with E-state index in [2.05, 4.69) is 9.97 Å². The van der Waals surface area contributed by atoms with Gasteiger partial charge in [-0.1, -0.05) is 48.5 Å². The molecule has 0 atom stereocenters. The molecule has 0 unspecified atom stereocenters. The maximum absolute atomic E-state index is 13.2. The molecule has 27 heavy (non-hydrogen) atoms. The van der Waals surface area contributed by atoms with Crippen LogP contribution in [0.15, 0.2) is 71.3 Å². The van der Waals surface area contributed by atoms with Crippen LogP contribution in [0, 0.1) is 6.92 Å². The van der Waals surface area contributed by atoms with Crippen LogP contribution >= 0.6 is 0 Å². The van der Waals surface area contributed by atoms with Crippen molar-refractivity contribution in [3.8, 4) is 34.0 Å². The molecule has 0 fully saturated rings. The van der Waals surface area contributed by atoms with Crippen molar-refractivity contribution in [2.24, 2.45) is 0 Å². The standard InChI is InChI=1S/C21H15F3N2O/c1-13-19(14-7-3-2-4-8-14)26-20(25-13)15-11-18(27-12-15)16-9-5-6-10-17(16)21(22,23)24/h2-12H,1H3,(H,25,26). The average Bonchev–Trinajstić information content (AvgIpc) is 3.28. The summed E-state index contributed by atoms with van der Waals surface area (Å²) in [7, 11) is 0. The minimum Gasteiger partial charge on any atom is -0.464 e. The fraction of sp³-hybridized carbons (Fsp3) is 0.0952. The van der Waals surface area contributed by atoms with Crippen LogP contribution in [-0.4, -0.2) is 9.97 Å². The molecular formula is C21H15F3N2O. The van der Waals surface area contributed by atoms with Crippen molar-refractivity contribution in [3.05, 3.63) is 78.2 Å². The topological polar surface area (TPSA) is 41.8 Å². The number of aryl methyl sites for hydroxylation is 1. The number of alkyl halides is 3. The lowest BCUT2D eigenvalue weighted by atomic mass is 10.0. The number of nitrogens with zero attached hydrogens (tertiary/aromatic N) is 1. The molecular weight excluding hydrogens is 353 g/mol. The van der Waals surface area contributed by atoms with Gasteiger partial charge in [0.25, 0.3) is 0 Å². The van der Waals surface area contributed by atoms with Crippen molar-refractivity contribution in [1.82, 2.24) is 9.97 Å². The Morgan fingerprint density at radius 2 is 1.63 bits per heavy atom. The Kier molecular flexibility index (Phi) is 4.11. The van der Waals surface area contributed by atoms with Crippen LogP contribution < -0.4 is 0 Å². The van der Waals surface area contributed by atoms with E-state index in [1.165, 1.54) is 18.4 Å². The van der Waals surface area contributed by atoms with Gasteiger partial charge in [-0.3, -0.25) is 0 Å². The van der Waals surface area contributed by atoms with Crippen molar-refractivity contribution >= 4 is 0 Å². The first-order valence-corrected chi connectivity index (χ1v) is 8.31. The molecule has 0 aliphatic rings. The second kappa shape index (κ2) is 6.46. The lowest BCUT2D eigenvalue weighted by molar-refractivity contribution is -0.137. The van der Waals surface area contributed by atoms with E-state index in [4.69, 9.17) is 4.42 Å². The number of aromatic nitrogens is 2. The SMILES string of the molecule is Cc1[nH]c(-c2coc(-c3ccccc3C(F)(F)F)c2)nc1-c1ccccc1. The second-order valence-corrected chi connectivity index (χ2v) is 6.17. The predicted molar refractivity (Wildman–Crippen MR) is 96.9 cm³/mol. The van der Waals surface area contributed by atoms with Crippen LogP contribution in [0.1, 0.15) is 11.3 Å². The predicted octanol–water partition coefficient (Wildman–Crippen LogP) is 6.33. The van der Waals surface area contributed by atoms with Crippen LogP contribution in [0.2, 0.25) is 0 Å². The van der Waals surface area contributed by atoms with Gasteiger partial charge in [-0.2, -0.15) is 13.2 Å². The summed E-state index contributed by atoms with van der Waals surface area (Å²) in [6.07, 6.45) is -3.04. The molecule has 2 heterocycles. The normalized spacial score (nSPS) is 11.7. The van der Waals surface area contributed by atoms with Gasteiger partial charge in [-0.05, 0) is 19.1 Å². The highest BCUT2D eigenvalue weighted by atomic mass is 19.4. The zero-order chi connectivity index (χ0) is 19.0. The van der Waals surface area contributed by atoms with E-state index in [1.807, 2.05) is 37.3 Å². The van der Waals surface area contributed by atoms with E-state index in [1.54, 1.807) is 12.1 Å². The number of H-pyrrole nitrogens is 1. The molecule has 0 amide bonds. The van der Waals surface area contributed by atoms with Crippen LogP contribution in [0.4, 0.5) is 13.2 Å². The smallest absolute Gasteiger partial charge is 0.417 e. The van der Waals surface area contributed by atoms with E-state index in [0.717, 1.165) is 23.0 Å². The number of furan rings is 1. The van der Waals surface area contributed by atoms with Gasteiger partial charge in [0.15, 0.2) is 0 Å². The molecule has 6 heteroatoms. The number of imidazole rings is 1. The maximum atomic E-state index is 13.2. The molecule has 2 aromatic heterocycles. The Bertz CT molecular complexity index is 1080. The van der Waals surface area contributed by atoms with Crippen LogP contribution in [0.3, 0.4) is 0 Å². The summed E-state index contributed by atoms with van der Waals surface area (Å²) in [5, 5.41) is 0. The summed E-state index contributed by atoms with van der Waals surface area (Å²) in [6, 6.07) is 16.6. The monoisotopic (exact) mass is 368 g/mol. The Morgan fingerprint density at radius 1 is 0.926 bits per heavy atom. The number of nitrogens with one attached hydrogen (secondary N) is 1. The molecule has 0 radical (unpaired) electrons. The highest BCUT2D eigenvalue weighted by molar-refractivity contribution is 5.71. The van der Waals surface area contributed by atoms with Crippen molar-refractivity contribution in [2.45, 2.75) is 13.1 Å². The van der Waals surface area contributed by atoms with Crippen molar-refractivity contribution in [3.63, 3.8) is 0 Å². The summed E-state index contributed by atoms with van der Waals surface area (Å²) < 4.78 is 45.2. The number of hydrogen-bond donors (Lipinski definition) is 1. The highest BCUT2D eigenvalue weighted by Gasteiger charge is 2.34. The summed E-state index contributed by atoms with van der Waals surface area (Å²) in [5.74, 6) is 0.694. The molecule has 4 aromatic rings. The molecule has 136 valence electrons. The Labute approximate surface area is 153 Å². The van der Waals surface area contributed by atoms with Crippen molar-refractivity contribution in [2.75, 3.05) is 0 Å². The number of benzene rings is 2. The second-order valence-electron chi connectivity index (χ2n) is 6.17. The largest absolute Gasteiger partial charge is 0.464 e. The Hall–Kier alpha value is -3.28. The van der Waals surface area contributed by atoms with Crippen molar-refractivity contribution < 1.29 is 17.6 Å². The van der Waals surface area contributed by atoms with E-state index >= 15 is 0 Å². The molecule has 4 rings (SSSR count). The zero-order valence-corrected chi connectivity index (χ0v) is 14.3. The summed E-state index contributed by atoms with van der Waals surface area (Å²) >= 11 is 0. The van der Waals surface area contributed by atoms with Gasteiger partial charge in [0.05, 0.1) is 16.8 Å². The average molecular weight is 368 g/mol. The van der Waals surface area contributed by atoms with Gasteiger partial charge in [0.1, 0.15) is 17.8 Å². The van der Waals surface area contributed by atoms with Crippen LogP contribution in [0.5, 0.6) is 0 Å². The Balaban J connectivity index is 1.73. The minimum absolute atomic E-state index is 0.00260. The molecule has 1 N–H and O–H groups in total. The molecule has 0 aliphatic heterocycles. The summed E-state index contributed by atoms with van der Waals surface area (Å²) in [4.78, 5) is 7.77. The summed E-state index contributed by atoms with van der Waals surface area (Å²) in [5.41, 5.74) is 2.49. The molecule has 0 saturated heterocycles. The first kappa shape index (κ1) is 17.1. The molecule has 2 aromatic carbocycles. The quantitative estimate of drug-likeness (QED) is 0.459. The third-order valence-corrected chi connectivity index (χ3v) is 4.30. The van der Waals surface area contributed by atoms with Crippen molar-refractivity contribution in [1.29, 1.82) is 0 Å². The van der Waals surface area contributed by atoms with E-state index in [-0.39, 0.29) is 11.3 Å². The van der Waals surface area contributed by atoms with Gasteiger partial charge >= 0.3 is 6.18 Å². The molecule has 3 nitrogen and oxygen atoms in total. The van der Waals surface area contributed by atoms with Crippen LogP contribution in [0.25, 0.3) is 34.0 Å². The lowest BCUT2D eigenvalue weighted by Gasteiger charge is -2.10. The lowest BCUT2D eigenvalue weighted by Crippen LogP contribution is -2.06. The molecule has 0 spiro atoms. The van der Waals surface area contributed by atoms with E-state index in [9.17, 15) is 13.2 Å².